The molecule has 0 atom stereocenters. The van der Waals surface area contributed by atoms with E-state index in [1.165, 1.54) is 54.6 Å². The molecule has 1 heterocycles. The fourth-order valence-electron chi connectivity index (χ4n) is 1.99. The maximum atomic E-state index is 12.9. The van der Waals surface area contributed by atoms with Crippen molar-refractivity contribution in [3.05, 3.63) is 70.6 Å². The Morgan fingerprint density at radius 2 is 1.41 bits per heavy atom. The van der Waals surface area contributed by atoms with E-state index in [1.54, 1.807) is 0 Å². The molecule has 2 aromatic rings. The van der Waals surface area contributed by atoms with Crippen molar-refractivity contribution in [2.45, 2.75) is 0 Å². The first-order valence-corrected chi connectivity index (χ1v) is 7.15. The van der Waals surface area contributed by atoms with Gasteiger partial charge in [-0.05, 0) is 59.8 Å². The van der Waals surface area contributed by atoms with Crippen molar-refractivity contribution in [3.8, 4) is 0 Å². The number of nitrogens with zero attached hydrogens (tertiary/aromatic N) is 1. The van der Waals surface area contributed by atoms with Gasteiger partial charge in [-0.25, -0.2) is 13.7 Å². The lowest BCUT2D eigenvalue weighted by Gasteiger charge is -2.11. The second-order valence-electron chi connectivity index (χ2n) is 4.55. The summed E-state index contributed by atoms with van der Waals surface area (Å²) >= 11 is 0.791. The molecule has 1 saturated heterocycles. The van der Waals surface area contributed by atoms with Crippen molar-refractivity contribution in [2.75, 3.05) is 4.90 Å². The Morgan fingerprint density at radius 3 is 2.00 bits per heavy atom. The number of halogens is 2. The summed E-state index contributed by atoms with van der Waals surface area (Å²) in [6, 6.07) is 10.7. The third-order valence-electron chi connectivity index (χ3n) is 3.05. The molecule has 0 spiro atoms. The SMILES string of the molecule is O=C1S/C(=C\c2ccc(F)cc2)C(=O)N1c1ccc(F)cc1. The molecular formula is C16H9F2NO2S. The number of rotatable bonds is 2. The van der Waals surface area contributed by atoms with Gasteiger partial charge in [0, 0.05) is 0 Å². The van der Waals surface area contributed by atoms with Crippen molar-refractivity contribution in [1.29, 1.82) is 0 Å². The Morgan fingerprint density at radius 1 is 0.864 bits per heavy atom. The zero-order chi connectivity index (χ0) is 15.7. The molecule has 2 amide bonds. The molecule has 22 heavy (non-hydrogen) atoms. The number of anilines is 1. The number of carbonyl (C=O) groups excluding carboxylic acids is 2. The zero-order valence-electron chi connectivity index (χ0n) is 11.1. The minimum absolute atomic E-state index is 0.237. The van der Waals surface area contributed by atoms with E-state index in [0.717, 1.165) is 16.7 Å². The van der Waals surface area contributed by atoms with Crippen LogP contribution in [0.15, 0.2) is 53.4 Å². The molecule has 0 radical (unpaired) electrons. The monoisotopic (exact) mass is 317 g/mol. The van der Waals surface area contributed by atoms with Crippen LogP contribution < -0.4 is 4.90 Å². The molecule has 0 aromatic heterocycles. The van der Waals surface area contributed by atoms with E-state index >= 15 is 0 Å². The summed E-state index contributed by atoms with van der Waals surface area (Å²) < 4.78 is 25.8. The summed E-state index contributed by atoms with van der Waals surface area (Å²) in [5.41, 5.74) is 0.928. The van der Waals surface area contributed by atoms with Crippen LogP contribution in [0.1, 0.15) is 5.56 Å². The summed E-state index contributed by atoms with van der Waals surface area (Å²) in [6.07, 6.45) is 1.52. The highest BCUT2D eigenvalue weighted by Crippen LogP contribution is 2.35. The molecule has 0 saturated carbocycles. The van der Waals surface area contributed by atoms with Crippen molar-refractivity contribution in [2.24, 2.45) is 0 Å². The van der Waals surface area contributed by atoms with Crippen LogP contribution in [-0.2, 0) is 4.79 Å². The van der Waals surface area contributed by atoms with E-state index in [0.29, 0.717) is 11.3 Å². The van der Waals surface area contributed by atoms with Gasteiger partial charge in [-0.3, -0.25) is 9.59 Å². The third-order valence-corrected chi connectivity index (χ3v) is 3.92. The van der Waals surface area contributed by atoms with Gasteiger partial charge < -0.3 is 0 Å². The fraction of sp³-hybridized carbons (Fsp3) is 0. The van der Waals surface area contributed by atoms with Gasteiger partial charge in [-0.15, -0.1) is 0 Å². The van der Waals surface area contributed by atoms with E-state index in [2.05, 4.69) is 0 Å². The highest BCUT2D eigenvalue weighted by molar-refractivity contribution is 8.19. The zero-order valence-corrected chi connectivity index (χ0v) is 11.9. The lowest BCUT2D eigenvalue weighted by atomic mass is 10.2. The lowest BCUT2D eigenvalue weighted by Crippen LogP contribution is -2.27. The normalized spacial score (nSPS) is 16.6. The predicted octanol–water partition coefficient (Wildman–Crippen LogP) is 4.21. The van der Waals surface area contributed by atoms with Crippen LogP contribution in [0.5, 0.6) is 0 Å². The smallest absolute Gasteiger partial charge is 0.268 e. The van der Waals surface area contributed by atoms with Crippen molar-refractivity contribution >= 4 is 34.7 Å². The molecule has 0 unspecified atom stereocenters. The Kier molecular flexibility index (Phi) is 3.77. The summed E-state index contributed by atoms with van der Waals surface area (Å²) in [4.78, 5) is 25.5. The Bertz CT molecular complexity index is 770. The van der Waals surface area contributed by atoms with Crippen LogP contribution in [0.4, 0.5) is 19.3 Å². The maximum Gasteiger partial charge on any atom is 0.298 e. The Labute approximate surface area is 129 Å². The molecular weight excluding hydrogens is 308 g/mol. The minimum Gasteiger partial charge on any atom is -0.268 e. The quantitative estimate of drug-likeness (QED) is 0.779. The van der Waals surface area contributed by atoms with Gasteiger partial charge in [0.25, 0.3) is 11.1 Å². The first-order valence-electron chi connectivity index (χ1n) is 6.34. The Balaban J connectivity index is 1.91. The number of amides is 2. The molecule has 0 N–H and O–H groups in total. The van der Waals surface area contributed by atoms with Crippen molar-refractivity contribution in [3.63, 3.8) is 0 Å². The van der Waals surface area contributed by atoms with Crippen LogP contribution in [0.3, 0.4) is 0 Å². The third kappa shape index (κ3) is 2.78. The molecule has 6 heteroatoms. The van der Waals surface area contributed by atoms with Crippen molar-refractivity contribution < 1.29 is 18.4 Å². The number of hydrogen-bond acceptors (Lipinski definition) is 3. The van der Waals surface area contributed by atoms with Gasteiger partial charge in [0.05, 0.1) is 10.6 Å². The highest BCUT2D eigenvalue weighted by Gasteiger charge is 2.36. The van der Waals surface area contributed by atoms with Crippen LogP contribution in [0.2, 0.25) is 0 Å². The second-order valence-corrected chi connectivity index (χ2v) is 5.54. The van der Waals surface area contributed by atoms with E-state index in [9.17, 15) is 18.4 Å². The molecule has 0 aliphatic carbocycles. The maximum absolute atomic E-state index is 12.9. The summed E-state index contributed by atoms with van der Waals surface area (Å²) in [7, 11) is 0. The van der Waals surface area contributed by atoms with E-state index in [4.69, 9.17) is 0 Å². The molecule has 1 aliphatic rings. The summed E-state index contributed by atoms with van der Waals surface area (Å²) in [5.74, 6) is -1.31. The highest BCUT2D eigenvalue weighted by atomic mass is 32.2. The van der Waals surface area contributed by atoms with Crippen LogP contribution in [0.25, 0.3) is 6.08 Å². The van der Waals surface area contributed by atoms with E-state index < -0.39 is 17.0 Å². The van der Waals surface area contributed by atoms with Gasteiger partial charge in [0.1, 0.15) is 11.6 Å². The average molecular weight is 317 g/mol. The first-order chi connectivity index (χ1) is 10.5. The van der Waals surface area contributed by atoms with Crippen molar-refractivity contribution in [1.82, 2.24) is 0 Å². The number of thioether (sulfide) groups is 1. The van der Waals surface area contributed by atoms with Gasteiger partial charge in [-0.1, -0.05) is 12.1 Å². The summed E-state index contributed by atoms with van der Waals surface area (Å²) in [5, 5.41) is -0.454. The fourth-order valence-corrected chi connectivity index (χ4v) is 2.83. The first kappa shape index (κ1) is 14.5. The van der Waals surface area contributed by atoms with Gasteiger partial charge in [-0.2, -0.15) is 0 Å². The Hall–Kier alpha value is -2.47. The average Bonchev–Trinajstić information content (AvgIpc) is 2.77. The van der Waals surface area contributed by atoms with E-state index in [1.807, 2.05) is 0 Å². The predicted molar refractivity (Wildman–Crippen MR) is 81.3 cm³/mol. The molecule has 110 valence electrons. The standard InChI is InChI=1S/C16H9F2NO2S/c17-11-3-1-10(2-4-11)9-14-15(20)19(16(21)22-14)13-7-5-12(18)6-8-13/h1-9H/b14-9-. The lowest BCUT2D eigenvalue weighted by molar-refractivity contribution is -0.113. The topological polar surface area (TPSA) is 37.4 Å². The van der Waals surface area contributed by atoms with Crippen LogP contribution >= 0.6 is 11.8 Å². The number of imide groups is 1. The summed E-state index contributed by atoms with van der Waals surface area (Å²) in [6.45, 7) is 0. The number of benzene rings is 2. The van der Waals surface area contributed by atoms with Gasteiger partial charge >= 0.3 is 0 Å². The van der Waals surface area contributed by atoms with Gasteiger partial charge in [0.15, 0.2) is 0 Å². The minimum atomic E-state index is -0.481. The molecule has 0 bridgehead atoms. The molecule has 1 fully saturated rings. The molecule has 2 aromatic carbocycles. The van der Waals surface area contributed by atoms with E-state index in [-0.39, 0.29) is 10.7 Å². The van der Waals surface area contributed by atoms with Gasteiger partial charge in [0.2, 0.25) is 0 Å². The number of hydrogen-bond donors (Lipinski definition) is 0. The number of carbonyl (C=O) groups is 2. The molecule has 3 nitrogen and oxygen atoms in total. The second kappa shape index (κ2) is 5.73. The van der Waals surface area contributed by atoms with Crippen LogP contribution in [0, 0.1) is 11.6 Å². The van der Waals surface area contributed by atoms with Crippen LogP contribution in [-0.4, -0.2) is 11.1 Å². The molecule has 3 rings (SSSR count). The largest absolute Gasteiger partial charge is 0.298 e. The molecule has 1 aliphatic heterocycles.